The zero-order valence-electron chi connectivity index (χ0n) is 12.4. The number of hydrogen-bond acceptors (Lipinski definition) is 3. The van der Waals surface area contributed by atoms with Gasteiger partial charge >= 0.3 is 6.03 Å². The minimum absolute atomic E-state index is 0.0216. The summed E-state index contributed by atoms with van der Waals surface area (Å²) in [5.74, 6) is 0.520. The van der Waals surface area contributed by atoms with Crippen molar-refractivity contribution in [3.05, 3.63) is 0 Å². The van der Waals surface area contributed by atoms with Crippen LogP contribution in [0.5, 0.6) is 0 Å². The van der Waals surface area contributed by atoms with Gasteiger partial charge in [-0.1, -0.05) is 6.92 Å². The molecular formula is C14H25N3O3. The van der Waals surface area contributed by atoms with E-state index < -0.39 is 6.04 Å². The fourth-order valence-electron chi connectivity index (χ4n) is 2.77. The standard InChI is InChI=1S/C14H25N3O3/c1-11-4-3-5-17(10-11)14(19)15-12(2)13(18)16-6-8-20-9-7-16/h11-12H,3-10H2,1-2H3,(H,15,19). The smallest absolute Gasteiger partial charge is 0.318 e. The van der Waals surface area contributed by atoms with Crippen LogP contribution in [0.25, 0.3) is 0 Å². The number of likely N-dealkylation sites (tertiary alicyclic amines) is 1. The molecule has 2 rings (SSSR count). The van der Waals surface area contributed by atoms with Crippen molar-refractivity contribution in [1.29, 1.82) is 0 Å². The molecule has 0 aromatic carbocycles. The molecule has 0 bridgehead atoms. The molecule has 0 spiro atoms. The second-order valence-corrected chi connectivity index (χ2v) is 5.80. The number of urea groups is 1. The average Bonchev–Trinajstić information content (AvgIpc) is 2.47. The molecule has 0 saturated carbocycles. The Morgan fingerprint density at radius 1 is 1.20 bits per heavy atom. The normalized spacial score (nSPS) is 25.2. The molecule has 0 aromatic rings. The van der Waals surface area contributed by atoms with Gasteiger partial charge in [-0.25, -0.2) is 4.79 Å². The fourth-order valence-corrected chi connectivity index (χ4v) is 2.77. The van der Waals surface area contributed by atoms with E-state index in [9.17, 15) is 9.59 Å². The average molecular weight is 283 g/mol. The molecule has 2 atom stereocenters. The van der Waals surface area contributed by atoms with E-state index in [-0.39, 0.29) is 11.9 Å². The predicted octanol–water partition coefficient (Wildman–Crippen LogP) is 0.675. The highest BCUT2D eigenvalue weighted by molar-refractivity contribution is 5.86. The second-order valence-electron chi connectivity index (χ2n) is 5.80. The molecule has 6 heteroatoms. The summed E-state index contributed by atoms with van der Waals surface area (Å²) >= 11 is 0. The third-order valence-electron chi connectivity index (χ3n) is 3.98. The lowest BCUT2D eigenvalue weighted by molar-refractivity contribution is -0.136. The Morgan fingerprint density at radius 2 is 1.90 bits per heavy atom. The third-order valence-corrected chi connectivity index (χ3v) is 3.98. The first-order valence-electron chi connectivity index (χ1n) is 7.50. The molecule has 20 heavy (non-hydrogen) atoms. The van der Waals surface area contributed by atoms with Gasteiger partial charge in [-0.05, 0) is 25.7 Å². The van der Waals surface area contributed by atoms with Crippen LogP contribution in [0.1, 0.15) is 26.7 Å². The van der Waals surface area contributed by atoms with Gasteiger partial charge in [0.1, 0.15) is 6.04 Å². The van der Waals surface area contributed by atoms with E-state index in [0.29, 0.717) is 32.2 Å². The van der Waals surface area contributed by atoms with E-state index in [0.717, 1.165) is 19.5 Å². The Morgan fingerprint density at radius 3 is 2.55 bits per heavy atom. The molecule has 0 radical (unpaired) electrons. The van der Waals surface area contributed by atoms with Crippen LogP contribution < -0.4 is 5.32 Å². The minimum Gasteiger partial charge on any atom is -0.378 e. The first-order valence-corrected chi connectivity index (χ1v) is 7.50. The molecular weight excluding hydrogens is 258 g/mol. The molecule has 114 valence electrons. The van der Waals surface area contributed by atoms with Gasteiger partial charge in [0.2, 0.25) is 5.91 Å². The summed E-state index contributed by atoms with van der Waals surface area (Å²) in [6.07, 6.45) is 2.21. The zero-order chi connectivity index (χ0) is 14.5. The van der Waals surface area contributed by atoms with Crippen molar-refractivity contribution in [2.24, 2.45) is 5.92 Å². The molecule has 1 N–H and O–H groups in total. The Bertz CT molecular complexity index is 356. The highest BCUT2D eigenvalue weighted by atomic mass is 16.5. The van der Waals surface area contributed by atoms with Gasteiger partial charge in [-0.2, -0.15) is 0 Å². The van der Waals surface area contributed by atoms with Crippen LogP contribution in [-0.4, -0.2) is 67.2 Å². The predicted molar refractivity (Wildman–Crippen MR) is 75.4 cm³/mol. The Kier molecular flexibility index (Phi) is 5.23. The minimum atomic E-state index is -0.474. The maximum absolute atomic E-state index is 12.2. The molecule has 2 aliphatic heterocycles. The summed E-state index contributed by atoms with van der Waals surface area (Å²) in [4.78, 5) is 28.0. The number of piperidine rings is 1. The van der Waals surface area contributed by atoms with Gasteiger partial charge < -0.3 is 19.9 Å². The van der Waals surface area contributed by atoms with Crippen molar-refractivity contribution in [1.82, 2.24) is 15.1 Å². The topological polar surface area (TPSA) is 61.9 Å². The third kappa shape index (κ3) is 3.85. The van der Waals surface area contributed by atoms with E-state index in [1.807, 2.05) is 4.90 Å². The molecule has 2 heterocycles. The molecule has 0 aliphatic carbocycles. The van der Waals surface area contributed by atoms with Crippen molar-refractivity contribution < 1.29 is 14.3 Å². The second kappa shape index (κ2) is 6.92. The van der Waals surface area contributed by atoms with Crippen LogP contribution in [0.2, 0.25) is 0 Å². The van der Waals surface area contributed by atoms with Crippen LogP contribution in [-0.2, 0) is 9.53 Å². The van der Waals surface area contributed by atoms with Gasteiger partial charge in [0.15, 0.2) is 0 Å². The maximum atomic E-state index is 12.2. The summed E-state index contributed by atoms with van der Waals surface area (Å²) in [5, 5.41) is 2.82. The van der Waals surface area contributed by atoms with Crippen molar-refractivity contribution in [2.75, 3.05) is 39.4 Å². The maximum Gasteiger partial charge on any atom is 0.318 e. The van der Waals surface area contributed by atoms with E-state index in [1.165, 1.54) is 6.42 Å². The Labute approximate surface area is 120 Å². The quantitative estimate of drug-likeness (QED) is 0.810. The molecule has 2 fully saturated rings. The molecule has 6 nitrogen and oxygen atoms in total. The summed E-state index contributed by atoms with van der Waals surface area (Å²) in [5.41, 5.74) is 0. The van der Waals surface area contributed by atoms with Crippen LogP contribution in [0, 0.1) is 5.92 Å². The molecule has 3 amide bonds. The van der Waals surface area contributed by atoms with Crippen LogP contribution in [0.15, 0.2) is 0 Å². The summed E-state index contributed by atoms with van der Waals surface area (Å²) in [6.45, 7) is 7.86. The number of hydrogen-bond donors (Lipinski definition) is 1. The number of carbonyl (C=O) groups is 2. The SMILES string of the molecule is CC1CCCN(C(=O)NC(C)C(=O)N2CCOCC2)C1. The van der Waals surface area contributed by atoms with Crippen molar-refractivity contribution in [2.45, 2.75) is 32.7 Å². The Hall–Kier alpha value is -1.30. The number of nitrogens with one attached hydrogen (secondary N) is 1. The first kappa shape index (κ1) is 15.1. The zero-order valence-corrected chi connectivity index (χ0v) is 12.4. The number of morpholine rings is 1. The number of amides is 3. The van der Waals surface area contributed by atoms with Gasteiger partial charge in [-0.15, -0.1) is 0 Å². The lowest BCUT2D eigenvalue weighted by Gasteiger charge is -2.33. The molecule has 2 aliphatic rings. The fraction of sp³-hybridized carbons (Fsp3) is 0.857. The van der Waals surface area contributed by atoms with E-state index in [4.69, 9.17) is 4.74 Å². The van der Waals surface area contributed by atoms with Gasteiger partial charge in [0.05, 0.1) is 13.2 Å². The summed E-state index contributed by atoms with van der Waals surface area (Å²) in [6, 6.07) is -0.594. The van der Waals surface area contributed by atoms with Crippen molar-refractivity contribution >= 4 is 11.9 Å². The van der Waals surface area contributed by atoms with Gasteiger partial charge in [0.25, 0.3) is 0 Å². The number of rotatable bonds is 2. The number of ether oxygens (including phenoxy) is 1. The van der Waals surface area contributed by atoms with E-state index in [1.54, 1.807) is 11.8 Å². The van der Waals surface area contributed by atoms with Crippen LogP contribution >= 0.6 is 0 Å². The largest absolute Gasteiger partial charge is 0.378 e. The lowest BCUT2D eigenvalue weighted by atomic mass is 10.0. The molecule has 2 saturated heterocycles. The number of nitrogens with zero attached hydrogens (tertiary/aromatic N) is 2. The highest BCUT2D eigenvalue weighted by Crippen LogP contribution is 2.15. The summed E-state index contributed by atoms with van der Waals surface area (Å²) < 4.78 is 5.23. The Balaban J connectivity index is 1.81. The van der Waals surface area contributed by atoms with E-state index >= 15 is 0 Å². The van der Waals surface area contributed by atoms with Gasteiger partial charge in [-0.3, -0.25) is 4.79 Å². The summed E-state index contributed by atoms with van der Waals surface area (Å²) in [7, 11) is 0. The van der Waals surface area contributed by atoms with Crippen molar-refractivity contribution in [3.63, 3.8) is 0 Å². The first-order chi connectivity index (χ1) is 9.58. The number of carbonyl (C=O) groups excluding carboxylic acids is 2. The van der Waals surface area contributed by atoms with Crippen molar-refractivity contribution in [3.8, 4) is 0 Å². The van der Waals surface area contributed by atoms with E-state index in [2.05, 4.69) is 12.2 Å². The van der Waals surface area contributed by atoms with Crippen LogP contribution in [0.4, 0.5) is 4.79 Å². The van der Waals surface area contributed by atoms with Crippen LogP contribution in [0.3, 0.4) is 0 Å². The highest BCUT2D eigenvalue weighted by Gasteiger charge is 2.27. The lowest BCUT2D eigenvalue weighted by Crippen LogP contribution is -2.54. The monoisotopic (exact) mass is 283 g/mol. The molecule has 2 unspecified atom stereocenters. The van der Waals surface area contributed by atoms with Gasteiger partial charge in [0, 0.05) is 26.2 Å². The molecule has 0 aromatic heterocycles.